The van der Waals surface area contributed by atoms with Gasteiger partial charge in [0.2, 0.25) is 11.8 Å². The zero-order chi connectivity index (χ0) is 25.6. The van der Waals surface area contributed by atoms with E-state index in [1.54, 1.807) is 35.1 Å². The van der Waals surface area contributed by atoms with Crippen molar-refractivity contribution in [3.8, 4) is 5.82 Å². The lowest BCUT2D eigenvalue weighted by Gasteiger charge is -2.32. The summed E-state index contributed by atoms with van der Waals surface area (Å²) in [6.07, 6.45) is 8.59. The van der Waals surface area contributed by atoms with Crippen LogP contribution in [0.5, 0.6) is 0 Å². The first-order valence-corrected chi connectivity index (χ1v) is 12.6. The number of amides is 3. The van der Waals surface area contributed by atoms with Gasteiger partial charge in [0.15, 0.2) is 5.82 Å². The van der Waals surface area contributed by atoms with Crippen LogP contribution < -0.4 is 20.9 Å². The Kier molecular flexibility index (Phi) is 7.38. The van der Waals surface area contributed by atoms with Crippen LogP contribution in [0.4, 0.5) is 11.5 Å². The number of piperidine rings is 1. The minimum Gasteiger partial charge on any atom is -0.356 e. The summed E-state index contributed by atoms with van der Waals surface area (Å²) < 4.78 is 1.68. The molecule has 0 radical (unpaired) electrons. The van der Waals surface area contributed by atoms with E-state index in [1.807, 2.05) is 18.3 Å². The average molecular weight is 503 g/mol. The van der Waals surface area contributed by atoms with Gasteiger partial charge < -0.3 is 20.9 Å². The Morgan fingerprint density at radius 3 is 2.46 bits per heavy atom. The molecule has 0 spiro atoms. The lowest BCUT2D eigenvalue weighted by Crippen LogP contribution is -2.45. The Hall–Kier alpha value is -4.28. The van der Waals surface area contributed by atoms with Crippen LogP contribution in [0.1, 0.15) is 36.0 Å². The van der Waals surface area contributed by atoms with E-state index in [9.17, 15) is 14.4 Å². The average Bonchev–Trinajstić information content (AvgIpc) is 3.65. The van der Waals surface area contributed by atoms with E-state index >= 15 is 0 Å². The fourth-order valence-corrected chi connectivity index (χ4v) is 4.34. The highest BCUT2D eigenvalue weighted by atomic mass is 16.2. The molecule has 3 aromatic rings. The van der Waals surface area contributed by atoms with Gasteiger partial charge >= 0.3 is 0 Å². The van der Waals surface area contributed by atoms with Gasteiger partial charge in [-0.05, 0) is 56.0 Å². The summed E-state index contributed by atoms with van der Waals surface area (Å²) in [4.78, 5) is 47.8. The van der Waals surface area contributed by atoms with E-state index in [0.717, 1.165) is 38.0 Å². The second-order valence-corrected chi connectivity index (χ2v) is 9.36. The van der Waals surface area contributed by atoms with Crippen LogP contribution in [-0.2, 0) is 9.59 Å². The predicted molar refractivity (Wildman–Crippen MR) is 137 cm³/mol. The normalized spacial score (nSPS) is 17.2. The van der Waals surface area contributed by atoms with Crippen LogP contribution in [0.3, 0.4) is 0 Å². The summed E-state index contributed by atoms with van der Waals surface area (Å²) in [5, 5.41) is 12.8. The Bertz CT molecular complexity index is 1240. The molecule has 3 heterocycles. The Morgan fingerprint density at radius 1 is 0.919 bits per heavy atom. The summed E-state index contributed by atoms with van der Waals surface area (Å²) in [6.45, 7) is 2.05. The minimum absolute atomic E-state index is 0.0314. The Labute approximate surface area is 214 Å². The first-order valence-electron chi connectivity index (χ1n) is 12.6. The molecule has 11 nitrogen and oxygen atoms in total. The summed E-state index contributed by atoms with van der Waals surface area (Å²) in [5.74, 6) is 1.18. The second-order valence-electron chi connectivity index (χ2n) is 9.36. The third-order valence-electron chi connectivity index (χ3n) is 6.57. The molecule has 192 valence electrons. The molecule has 2 fully saturated rings. The molecule has 1 atom stereocenters. The molecule has 3 N–H and O–H groups in total. The van der Waals surface area contributed by atoms with Crippen molar-refractivity contribution in [2.45, 2.75) is 25.7 Å². The summed E-state index contributed by atoms with van der Waals surface area (Å²) >= 11 is 0. The van der Waals surface area contributed by atoms with Gasteiger partial charge in [0.05, 0.1) is 5.92 Å². The van der Waals surface area contributed by atoms with Crippen molar-refractivity contribution in [3.05, 3.63) is 60.7 Å². The number of carbonyl (C=O) groups is 3. The third kappa shape index (κ3) is 6.29. The van der Waals surface area contributed by atoms with Gasteiger partial charge in [0, 0.05) is 61.8 Å². The van der Waals surface area contributed by atoms with Gasteiger partial charge in [-0.2, -0.15) is 5.10 Å². The first kappa shape index (κ1) is 24.4. The molecule has 1 aromatic carbocycles. The number of aromatic nitrogens is 4. The van der Waals surface area contributed by atoms with E-state index in [0.29, 0.717) is 36.7 Å². The van der Waals surface area contributed by atoms with E-state index in [1.165, 1.54) is 6.33 Å². The fourth-order valence-electron chi connectivity index (χ4n) is 4.34. The molecule has 1 aliphatic heterocycles. The van der Waals surface area contributed by atoms with Crippen molar-refractivity contribution >= 4 is 29.2 Å². The third-order valence-corrected chi connectivity index (χ3v) is 6.57. The molecule has 5 rings (SSSR count). The van der Waals surface area contributed by atoms with Gasteiger partial charge in [0.25, 0.3) is 5.91 Å². The number of nitrogens with one attached hydrogen (secondary N) is 3. The van der Waals surface area contributed by atoms with Crippen LogP contribution in [0.2, 0.25) is 0 Å². The van der Waals surface area contributed by atoms with Gasteiger partial charge in [0.1, 0.15) is 12.1 Å². The van der Waals surface area contributed by atoms with Gasteiger partial charge in [-0.1, -0.05) is 0 Å². The van der Waals surface area contributed by atoms with E-state index in [2.05, 4.69) is 35.9 Å². The number of anilines is 2. The molecule has 2 aliphatic rings. The molecule has 3 amide bonds. The fraction of sp³-hybridized carbons (Fsp3) is 0.385. The van der Waals surface area contributed by atoms with Crippen LogP contribution >= 0.6 is 0 Å². The summed E-state index contributed by atoms with van der Waals surface area (Å²) in [7, 11) is 0. The van der Waals surface area contributed by atoms with Crippen molar-refractivity contribution in [1.29, 1.82) is 0 Å². The lowest BCUT2D eigenvalue weighted by atomic mass is 9.97. The maximum Gasteiger partial charge on any atom is 0.251 e. The smallest absolute Gasteiger partial charge is 0.251 e. The van der Waals surface area contributed by atoms with Crippen molar-refractivity contribution in [1.82, 2.24) is 30.4 Å². The van der Waals surface area contributed by atoms with E-state index in [4.69, 9.17) is 0 Å². The standard InChI is InChI=1S/C26H30N8O3/c35-24(18-6-8-21(9-7-18)32-26(37)19-4-5-19)27-11-12-28-25(36)20-3-1-13-33(16-20)22-15-23(30-17-29-22)34-14-2-10-31-34/h2,6-10,14-15,17,19-20H,1,3-5,11-13,16H2,(H,27,35)(H,28,36)(H,32,37). The van der Waals surface area contributed by atoms with Gasteiger partial charge in [-0.15, -0.1) is 0 Å². The van der Waals surface area contributed by atoms with Gasteiger partial charge in [-0.3, -0.25) is 14.4 Å². The highest BCUT2D eigenvalue weighted by Gasteiger charge is 2.29. The van der Waals surface area contributed by atoms with Gasteiger partial charge in [-0.25, -0.2) is 14.6 Å². The highest BCUT2D eigenvalue weighted by Crippen LogP contribution is 2.30. The van der Waals surface area contributed by atoms with Crippen LogP contribution in [-0.4, -0.2) is 63.6 Å². The zero-order valence-corrected chi connectivity index (χ0v) is 20.5. The molecule has 1 saturated carbocycles. The molecule has 1 unspecified atom stereocenters. The number of nitrogens with zero attached hydrogens (tertiary/aromatic N) is 5. The van der Waals surface area contributed by atoms with Crippen molar-refractivity contribution in [2.24, 2.45) is 11.8 Å². The van der Waals surface area contributed by atoms with E-state index in [-0.39, 0.29) is 29.6 Å². The first-order chi connectivity index (χ1) is 18.1. The molecular weight excluding hydrogens is 472 g/mol. The lowest BCUT2D eigenvalue weighted by molar-refractivity contribution is -0.125. The summed E-state index contributed by atoms with van der Waals surface area (Å²) in [6, 6.07) is 10.5. The summed E-state index contributed by atoms with van der Waals surface area (Å²) in [5.41, 5.74) is 1.18. The molecule has 37 heavy (non-hydrogen) atoms. The Morgan fingerprint density at radius 2 is 1.70 bits per heavy atom. The molecule has 1 saturated heterocycles. The minimum atomic E-state index is -0.227. The largest absolute Gasteiger partial charge is 0.356 e. The van der Waals surface area contributed by atoms with Crippen molar-refractivity contribution in [2.75, 3.05) is 36.4 Å². The van der Waals surface area contributed by atoms with Crippen molar-refractivity contribution < 1.29 is 14.4 Å². The monoisotopic (exact) mass is 502 g/mol. The number of carbonyl (C=O) groups excluding carboxylic acids is 3. The quantitative estimate of drug-likeness (QED) is 0.380. The molecular formula is C26H30N8O3. The molecule has 11 heteroatoms. The maximum absolute atomic E-state index is 12.8. The number of rotatable bonds is 9. The van der Waals surface area contributed by atoms with Crippen LogP contribution in [0.15, 0.2) is 55.1 Å². The molecule has 1 aliphatic carbocycles. The predicted octanol–water partition coefficient (Wildman–Crippen LogP) is 1.77. The molecule has 0 bridgehead atoms. The highest BCUT2D eigenvalue weighted by molar-refractivity contribution is 5.96. The van der Waals surface area contributed by atoms with Crippen molar-refractivity contribution in [3.63, 3.8) is 0 Å². The Balaban J connectivity index is 1.06. The number of hydrogen-bond donors (Lipinski definition) is 3. The van der Waals surface area contributed by atoms with Crippen LogP contribution in [0.25, 0.3) is 5.82 Å². The van der Waals surface area contributed by atoms with Crippen LogP contribution in [0, 0.1) is 11.8 Å². The second kappa shape index (κ2) is 11.2. The number of benzene rings is 1. The SMILES string of the molecule is O=C(NCCNC(=O)C1CCCN(c2cc(-n3cccn3)ncn2)C1)c1ccc(NC(=O)C2CC2)cc1. The maximum atomic E-state index is 12.8. The zero-order valence-electron chi connectivity index (χ0n) is 20.5. The van der Waals surface area contributed by atoms with E-state index < -0.39 is 0 Å². The molecule has 2 aromatic heterocycles. The number of hydrogen-bond acceptors (Lipinski definition) is 7. The topological polar surface area (TPSA) is 134 Å².